The summed E-state index contributed by atoms with van der Waals surface area (Å²) in [7, 11) is 0. The van der Waals surface area contributed by atoms with Gasteiger partial charge in [0.05, 0.1) is 22.5 Å². The predicted molar refractivity (Wildman–Crippen MR) is 138 cm³/mol. The van der Waals surface area contributed by atoms with Gasteiger partial charge in [-0.1, -0.05) is 30.3 Å². The molecule has 5 rings (SSSR count). The highest BCUT2D eigenvalue weighted by molar-refractivity contribution is 5.96. The molecule has 4 aromatic rings. The molecule has 0 radical (unpaired) electrons. The van der Waals surface area contributed by atoms with Crippen molar-refractivity contribution in [2.24, 2.45) is 0 Å². The van der Waals surface area contributed by atoms with E-state index in [-0.39, 0.29) is 28.5 Å². The Morgan fingerprint density at radius 1 is 1.18 bits per heavy atom. The minimum absolute atomic E-state index is 0.114. The number of nitrogens with two attached hydrogens (primary N) is 1. The van der Waals surface area contributed by atoms with Gasteiger partial charge in [0.25, 0.3) is 5.91 Å². The molecule has 1 unspecified atom stereocenters. The maximum Gasteiger partial charge on any atom is 0.418 e. The number of rotatable bonds is 6. The second kappa shape index (κ2) is 10.4. The molecule has 1 aromatic carbocycles. The number of hydrogen-bond acceptors (Lipinski definition) is 6. The van der Waals surface area contributed by atoms with E-state index in [2.05, 4.69) is 49.5 Å². The molecule has 11 heteroatoms. The Hall–Kier alpha value is -3.99. The average molecular weight is 524 g/mol. The first kappa shape index (κ1) is 25.7. The molecule has 1 saturated heterocycles. The van der Waals surface area contributed by atoms with Gasteiger partial charge < -0.3 is 16.0 Å². The summed E-state index contributed by atoms with van der Waals surface area (Å²) in [6.07, 6.45) is 0.0893. The molecular weight excluding hydrogens is 495 g/mol. The molecule has 8 nitrogen and oxygen atoms in total. The molecule has 3 N–H and O–H groups in total. The highest BCUT2D eigenvalue weighted by atomic mass is 19.4. The molecule has 1 aliphatic rings. The van der Waals surface area contributed by atoms with Crippen LogP contribution in [0.5, 0.6) is 0 Å². The fraction of sp³-hybridized carbons (Fsp3) is 0.333. The van der Waals surface area contributed by atoms with Crippen molar-refractivity contribution in [1.29, 1.82) is 0 Å². The van der Waals surface area contributed by atoms with E-state index in [0.717, 1.165) is 42.8 Å². The first-order chi connectivity index (χ1) is 18.2. The Bertz CT molecular complexity index is 1450. The monoisotopic (exact) mass is 523 g/mol. The molecule has 1 atom stereocenters. The molecule has 1 fully saturated rings. The lowest BCUT2D eigenvalue weighted by Gasteiger charge is -2.33. The summed E-state index contributed by atoms with van der Waals surface area (Å²) < 4.78 is 42.2. The largest absolute Gasteiger partial charge is 0.418 e. The maximum atomic E-state index is 13.7. The molecule has 0 spiro atoms. The third kappa shape index (κ3) is 5.19. The van der Waals surface area contributed by atoms with Crippen LogP contribution >= 0.6 is 0 Å². The van der Waals surface area contributed by atoms with E-state index in [1.165, 1.54) is 17.8 Å². The molecule has 3 aromatic heterocycles. The lowest BCUT2D eigenvalue weighted by atomic mass is 9.91. The van der Waals surface area contributed by atoms with Crippen molar-refractivity contribution >= 4 is 17.2 Å². The van der Waals surface area contributed by atoms with E-state index < -0.39 is 11.7 Å². The van der Waals surface area contributed by atoms with Crippen LogP contribution in [0.15, 0.2) is 55.0 Å². The molecule has 0 saturated carbocycles. The standard InChI is InChI=1S/C27H28F3N7O/c1-17-21(26(38)32-9-11-36-10-5-8-19(15-36)18-6-3-2-4-7-18)12-20(14-33-17)23-13-22(27(28,29)30)24-25(31)34-16-35-37(23)24/h2-4,6-7,12-14,16,19H,5,8-11,15H2,1H3,(H,32,38)(H2,31,34,35). The molecule has 4 heterocycles. The second-order valence-corrected chi connectivity index (χ2v) is 9.51. The summed E-state index contributed by atoms with van der Waals surface area (Å²) in [6, 6.07) is 12.9. The van der Waals surface area contributed by atoms with Crippen molar-refractivity contribution in [2.45, 2.75) is 31.9 Å². The predicted octanol–water partition coefficient (Wildman–Crippen LogP) is 4.31. The lowest BCUT2D eigenvalue weighted by Crippen LogP contribution is -2.40. The van der Waals surface area contributed by atoms with Crippen LogP contribution in [0.1, 0.15) is 45.9 Å². The lowest BCUT2D eigenvalue weighted by molar-refractivity contribution is -0.136. The van der Waals surface area contributed by atoms with Crippen LogP contribution < -0.4 is 11.1 Å². The normalized spacial score (nSPS) is 16.6. The third-order valence-corrected chi connectivity index (χ3v) is 7.01. The number of fused-ring (bicyclic) bond motifs is 1. The van der Waals surface area contributed by atoms with Crippen molar-refractivity contribution in [3.63, 3.8) is 0 Å². The van der Waals surface area contributed by atoms with Crippen molar-refractivity contribution in [3.05, 3.63) is 77.4 Å². The summed E-state index contributed by atoms with van der Waals surface area (Å²) in [5, 5.41) is 6.91. The number of likely N-dealkylation sites (tertiary alicyclic amines) is 1. The number of carbonyl (C=O) groups is 1. The fourth-order valence-electron chi connectivity index (χ4n) is 5.07. The number of nitrogens with zero attached hydrogens (tertiary/aromatic N) is 5. The average Bonchev–Trinajstić information content (AvgIpc) is 3.31. The van der Waals surface area contributed by atoms with Gasteiger partial charge in [-0.25, -0.2) is 9.50 Å². The molecule has 1 aliphatic heterocycles. The second-order valence-electron chi connectivity index (χ2n) is 9.51. The van der Waals surface area contributed by atoms with Crippen LogP contribution in [0, 0.1) is 6.92 Å². The molecule has 38 heavy (non-hydrogen) atoms. The number of amides is 1. The molecule has 198 valence electrons. The topological polar surface area (TPSA) is 101 Å². The van der Waals surface area contributed by atoms with Gasteiger partial charge in [0.2, 0.25) is 0 Å². The summed E-state index contributed by atoms with van der Waals surface area (Å²) in [5.74, 6) is -0.150. The van der Waals surface area contributed by atoms with Gasteiger partial charge in [0, 0.05) is 31.4 Å². The number of nitrogen functional groups attached to an aromatic ring is 1. The first-order valence-electron chi connectivity index (χ1n) is 12.4. The van der Waals surface area contributed by atoms with Gasteiger partial charge in [-0.3, -0.25) is 9.78 Å². The van der Waals surface area contributed by atoms with Crippen LogP contribution in [0.4, 0.5) is 19.0 Å². The number of aryl methyl sites for hydroxylation is 1. The Morgan fingerprint density at radius 2 is 1.97 bits per heavy atom. The van der Waals surface area contributed by atoms with Crippen molar-refractivity contribution in [3.8, 4) is 11.3 Å². The van der Waals surface area contributed by atoms with Crippen LogP contribution in [0.25, 0.3) is 16.8 Å². The highest BCUT2D eigenvalue weighted by Gasteiger charge is 2.36. The first-order valence-corrected chi connectivity index (χ1v) is 12.4. The van der Waals surface area contributed by atoms with E-state index in [9.17, 15) is 18.0 Å². The SMILES string of the molecule is Cc1ncc(-c2cc(C(F)(F)F)c3c(N)ncnn23)cc1C(=O)NCCN1CCCC(c2ccccc2)C1. The van der Waals surface area contributed by atoms with E-state index in [4.69, 9.17) is 5.73 Å². The van der Waals surface area contributed by atoms with Gasteiger partial charge >= 0.3 is 6.18 Å². The Labute approximate surface area is 217 Å². The molecule has 0 bridgehead atoms. The van der Waals surface area contributed by atoms with Crippen molar-refractivity contribution < 1.29 is 18.0 Å². The number of alkyl halides is 3. The van der Waals surface area contributed by atoms with Gasteiger partial charge in [0.1, 0.15) is 11.8 Å². The number of hydrogen-bond donors (Lipinski definition) is 2. The number of carbonyl (C=O) groups excluding carboxylic acids is 1. The number of aromatic nitrogens is 4. The summed E-state index contributed by atoms with van der Waals surface area (Å²) in [4.78, 5) is 23.4. The Kier molecular flexibility index (Phi) is 7.02. The third-order valence-electron chi connectivity index (χ3n) is 7.01. The fourth-order valence-corrected chi connectivity index (χ4v) is 5.07. The number of halogens is 3. The van der Waals surface area contributed by atoms with E-state index in [1.807, 2.05) is 6.07 Å². The van der Waals surface area contributed by atoms with Gasteiger partial charge in [-0.05, 0) is 49.9 Å². The Morgan fingerprint density at radius 3 is 2.74 bits per heavy atom. The van der Waals surface area contributed by atoms with E-state index in [1.54, 1.807) is 6.92 Å². The molecular formula is C27H28F3N7O. The van der Waals surface area contributed by atoms with E-state index >= 15 is 0 Å². The molecule has 0 aliphatic carbocycles. The number of pyridine rings is 1. The molecule has 1 amide bonds. The zero-order valence-electron chi connectivity index (χ0n) is 20.9. The minimum Gasteiger partial charge on any atom is -0.382 e. The maximum absolute atomic E-state index is 13.7. The van der Waals surface area contributed by atoms with Crippen molar-refractivity contribution in [1.82, 2.24) is 29.8 Å². The highest BCUT2D eigenvalue weighted by Crippen LogP contribution is 2.38. The summed E-state index contributed by atoms with van der Waals surface area (Å²) in [5.41, 5.74) is 6.98. The van der Waals surface area contributed by atoms with Crippen LogP contribution in [-0.2, 0) is 6.18 Å². The number of anilines is 1. The minimum atomic E-state index is -4.66. The van der Waals surface area contributed by atoms with Gasteiger partial charge in [-0.2, -0.15) is 18.3 Å². The van der Waals surface area contributed by atoms with E-state index in [0.29, 0.717) is 30.3 Å². The quantitative estimate of drug-likeness (QED) is 0.391. The van der Waals surface area contributed by atoms with Crippen molar-refractivity contribution in [2.75, 3.05) is 31.9 Å². The van der Waals surface area contributed by atoms with Crippen LogP contribution in [-0.4, -0.2) is 56.6 Å². The zero-order valence-corrected chi connectivity index (χ0v) is 20.9. The van der Waals surface area contributed by atoms with Crippen LogP contribution in [0.2, 0.25) is 0 Å². The number of benzene rings is 1. The summed E-state index contributed by atoms with van der Waals surface area (Å²) in [6.45, 7) is 4.74. The zero-order chi connectivity index (χ0) is 26.9. The smallest absolute Gasteiger partial charge is 0.382 e. The van der Waals surface area contributed by atoms with Gasteiger partial charge in [0.15, 0.2) is 5.82 Å². The Balaban J connectivity index is 1.31. The number of piperidine rings is 1. The van der Waals surface area contributed by atoms with Crippen LogP contribution in [0.3, 0.4) is 0 Å². The number of nitrogens with one attached hydrogen (secondary N) is 1. The van der Waals surface area contributed by atoms with Gasteiger partial charge in [-0.15, -0.1) is 0 Å². The summed E-state index contributed by atoms with van der Waals surface area (Å²) >= 11 is 0.